The second-order valence-corrected chi connectivity index (χ2v) is 4.77. The Hall–Kier alpha value is -0.990. The van der Waals surface area contributed by atoms with Gasteiger partial charge in [-0.3, -0.25) is 0 Å². The lowest BCUT2D eigenvalue weighted by atomic mass is 10.2. The number of aromatic nitrogens is 1. The molecule has 0 aliphatic rings. The summed E-state index contributed by atoms with van der Waals surface area (Å²) in [6.45, 7) is 2.09. The van der Waals surface area contributed by atoms with E-state index in [4.69, 9.17) is 11.6 Å². The number of rotatable bonds is 2. The zero-order valence-corrected chi connectivity index (χ0v) is 9.85. The molecule has 1 heterocycles. The van der Waals surface area contributed by atoms with Crippen LogP contribution >= 0.6 is 23.4 Å². The molecule has 0 unspecified atom stereocenters. The van der Waals surface area contributed by atoms with Crippen LogP contribution in [0.5, 0.6) is 0 Å². The molecule has 1 nitrogen and oxygen atoms in total. The normalized spacial score (nSPS) is 10.3. The summed E-state index contributed by atoms with van der Waals surface area (Å²) < 4.78 is 0. The van der Waals surface area contributed by atoms with Gasteiger partial charge in [-0.2, -0.15) is 0 Å². The second kappa shape index (κ2) is 4.69. The van der Waals surface area contributed by atoms with Crippen molar-refractivity contribution in [3.63, 3.8) is 0 Å². The second-order valence-electron chi connectivity index (χ2n) is 3.23. The van der Waals surface area contributed by atoms with Gasteiger partial charge in [-0.15, -0.1) is 0 Å². The minimum atomic E-state index is 0.535. The van der Waals surface area contributed by atoms with Gasteiger partial charge < -0.3 is 0 Å². The van der Waals surface area contributed by atoms with Gasteiger partial charge in [0.25, 0.3) is 0 Å². The molecule has 0 atom stereocenters. The summed E-state index contributed by atoms with van der Waals surface area (Å²) in [5.74, 6) is 0. The third-order valence-electron chi connectivity index (χ3n) is 1.92. The molecule has 0 N–H and O–H groups in total. The van der Waals surface area contributed by atoms with Crippen LogP contribution in [0.3, 0.4) is 0 Å². The molecular weight excluding hydrogens is 226 g/mol. The van der Waals surface area contributed by atoms with Crippen LogP contribution in [0.1, 0.15) is 5.56 Å². The Morgan fingerprint density at radius 2 is 1.93 bits per heavy atom. The molecule has 1 aromatic heterocycles. The first-order chi connectivity index (χ1) is 7.24. The first-order valence-electron chi connectivity index (χ1n) is 4.60. The maximum atomic E-state index is 5.82. The third kappa shape index (κ3) is 2.98. The van der Waals surface area contributed by atoms with Gasteiger partial charge in [-0.25, -0.2) is 4.98 Å². The van der Waals surface area contributed by atoms with Crippen molar-refractivity contribution < 1.29 is 0 Å². The van der Waals surface area contributed by atoms with E-state index >= 15 is 0 Å². The largest absolute Gasteiger partial charge is 0.244 e. The third-order valence-corrected chi connectivity index (χ3v) is 3.11. The Bertz CT molecular complexity index is 427. The molecule has 2 aromatic rings. The Balaban J connectivity index is 2.22. The van der Waals surface area contributed by atoms with Crippen molar-refractivity contribution in [3.05, 3.63) is 53.3 Å². The Morgan fingerprint density at radius 3 is 2.67 bits per heavy atom. The Labute approximate surface area is 98.5 Å². The average molecular weight is 236 g/mol. The number of nitrogens with zero attached hydrogens (tertiary/aromatic N) is 1. The van der Waals surface area contributed by atoms with Crippen LogP contribution in [0.15, 0.2) is 52.4 Å². The highest BCUT2D eigenvalue weighted by molar-refractivity contribution is 7.99. The fourth-order valence-corrected chi connectivity index (χ4v) is 2.46. The first kappa shape index (κ1) is 10.5. The van der Waals surface area contributed by atoms with E-state index in [1.54, 1.807) is 18.0 Å². The summed E-state index contributed by atoms with van der Waals surface area (Å²) in [7, 11) is 0. The Morgan fingerprint density at radius 1 is 1.13 bits per heavy atom. The highest BCUT2D eigenvalue weighted by atomic mass is 35.5. The molecule has 0 amide bonds. The summed E-state index contributed by atoms with van der Waals surface area (Å²) in [6, 6.07) is 12.2. The molecule has 3 heteroatoms. The average Bonchev–Trinajstić information content (AvgIpc) is 2.17. The van der Waals surface area contributed by atoms with Crippen LogP contribution in [0, 0.1) is 6.92 Å². The maximum absolute atomic E-state index is 5.82. The van der Waals surface area contributed by atoms with E-state index < -0.39 is 0 Å². The summed E-state index contributed by atoms with van der Waals surface area (Å²) >= 11 is 7.51. The van der Waals surface area contributed by atoms with E-state index in [0.717, 1.165) is 4.90 Å². The number of benzene rings is 1. The maximum Gasteiger partial charge on any atom is 0.130 e. The number of hydrogen-bond donors (Lipinski definition) is 0. The molecule has 1 aromatic carbocycles. The van der Waals surface area contributed by atoms with Crippen molar-refractivity contribution in [2.75, 3.05) is 0 Å². The molecule has 0 aliphatic carbocycles. The number of pyridine rings is 1. The zero-order chi connectivity index (χ0) is 10.7. The lowest BCUT2D eigenvalue weighted by molar-refractivity contribution is 1.26. The predicted molar refractivity (Wildman–Crippen MR) is 64.5 cm³/mol. The molecule has 76 valence electrons. The minimum absolute atomic E-state index is 0.535. The predicted octanol–water partition coefficient (Wildman–Crippen LogP) is 4.19. The highest BCUT2D eigenvalue weighted by Gasteiger charge is 1.98. The molecule has 0 radical (unpaired) electrons. The van der Waals surface area contributed by atoms with Crippen molar-refractivity contribution >= 4 is 23.4 Å². The van der Waals surface area contributed by atoms with Crippen LogP contribution in [0.4, 0.5) is 0 Å². The van der Waals surface area contributed by atoms with Gasteiger partial charge in [0.2, 0.25) is 0 Å². The van der Waals surface area contributed by atoms with E-state index in [9.17, 15) is 0 Å². The standard InChI is InChI=1S/C12H10ClNS/c1-9-3-2-4-10(7-9)15-11-5-6-14-12(13)8-11/h2-8H,1H3. The van der Waals surface area contributed by atoms with Gasteiger partial charge >= 0.3 is 0 Å². The van der Waals surface area contributed by atoms with Crippen molar-refractivity contribution in [1.29, 1.82) is 0 Å². The van der Waals surface area contributed by atoms with Gasteiger partial charge in [-0.1, -0.05) is 41.1 Å². The van der Waals surface area contributed by atoms with Crippen LogP contribution < -0.4 is 0 Å². The monoisotopic (exact) mass is 235 g/mol. The van der Waals surface area contributed by atoms with Gasteiger partial charge in [0.15, 0.2) is 0 Å². The molecule has 0 aliphatic heterocycles. The summed E-state index contributed by atoms with van der Waals surface area (Å²) in [4.78, 5) is 6.28. The molecule has 0 spiro atoms. The van der Waals surface area contributed by atoms with Gasteiger partial charge in [0.1, 0.15) is 5.15 Å². The molecule has 15 heavy (non-hydrogen) atoms. The SMILES string of the molecule is Cc1cccc(Sc2ccnc(Cl)c2)c1. The molecule has 0 saturated heterocycles. The topological polar surface area (TPSA) is 12.9 Å². The number of aryl methyl sites for hydroxylation is 1. The smallest absolute Gasteiger partial charge is 0.130 e. The lowest BCUT2D eigenvalue weighted by Gasteiger charge is -2.02. The fourth-order valence-electron chi connectivity index (χ4n) is 1.26. The number of halogens is 1. The van der Waals surface area contributed by atoms with Crippen LogP contribution in [-0.2, 0) is 0 Å². The van der Waals surface area contributed by atoms with Crippen LogP contribution in [0.2, 0.25) is 5.15 Å². The molecule has 0 bridgehead atoms. The van der Waals surface area contributed by atoms with E-state index in [1.165, 1.54) is 10.5 Å². The molecule has 2 rings (SSSR count). The molecule has 0 saturated carbocycles. The minimum Gasteiger partial charge on any atom is -0.244 e. The van der Waals surface area contributed by atoms with Crippen LogP contribution in [0.25, 0.3) is 0 Å². The van der Waals surface area contributed by atoms with Crippen molar-refractivity contribution in [3.8, 4) is 0 Å². The van der Waals surface area contributed by atoms with E-state index in [1.807, 2.05) is 12.1 Å². The quantitative estimate of drug-likeness (QED) is 0.724. The molecule has 0 fully saturated rings. The lowest BCUT2D eigenvalue weighted by Crippen LogP contribution is -1.78. The van der Waals surface area contributed by atoms with E-state index in [0.29, 0.717) is 5.15 Å². The van der Waals surface area contributed by atoms with Gasteiger partial charge in [0, 0.05) is 16.0 Å². The van der Waals surface area contributed by atoms with Crippen molar-refractivity contribution in [2.24, 2.45) is 0 Å². The highest BCUT2D eigenvalue weighted by Crippen LogP contribution is 2.28. The van der Waals surface area contributed by atoms with Crippen molar-refractivity contribution in [1.82, 2.24) is 4.98 Å². The van der Waals surface area contributed by atoms with Gasteiger partial charge in [0.05, 0.1) is 0 Å². The van der Waals surface area contributed by atoms with Crippen LogP contribution in [-0.4, -0.2) is 4.98 Å². The number of hydrogen-bond acceptors (Lipinski definition) is 2. The first-order valence-corrected chi connectivity index (χ1v) is 5.79. The summed E-state index contributed by atoms with van der Waals surface area (Å²) in [5.41, 5.74) is 1.26. The molecular formula is C12H10ClNS. The van der Waals surface area contributed by atoms with E-state index in [2.05, 4.69) is 36.2 Å². The fraction of sp³-hybridized carbons (Fsp3) is 0.0833. The van der Waals surface area contributed by atoms with E-state index in [-0.39, 0.29) is 0 Å². The van der Waals surface area contributed by atoms with Crippen molar-refractivity contribution in [2.45, 2.75) is 16.7 Å². The summed E-state index contributed by atoms with van der Waals surface area (Å²) in [5, 5.41) is 0.535. The van der Waals surface area contributed by atoms with Gasteiger partial charge in [-0.05, 0) is 31.2 Å². The summed E-state index contributed by atoms with van der Waals surface area (Å²) in [6.07, 6.45) is 1.72. The zero-order valence-electron chi connectivity index (χ0n) is 8.27. The Kier molecular flexibility index (Phi) is 3.29.